The molecule has 134 valence electrons. The normalized spacial score (nSPS) is 19.4. The van der Waals surface area contributed by atoms with Gasteiger partial charge in [0.25, 0.3) is 0 Å². The molecule has 2 heterocycles. The molecule has 2 amide bonds. The highest BCUT2D eigenvalue weighted by molar-refractivity contribution is 5.95. The van der Waals surface area contributed by atoms with Crippen LogP contribution < -0.4 is 20.1 Å². The summed E-state index contributed by atoms with van der Waals surface area (Å²) >= 11 is 0. The van der Waals surface area contributed by atoms with Crippen LogP contribution in [-0.2, 0) is 9.53 Å². The molecule has 3 rings (SSSR count). The zero-order chi connectivity index (χ0) is 18.2. The Kier molecular flexibility index (Phi) is 4.19. The minimum Gasteiger partial charge on any atom is -0.454 e. The second-order valence-corrected chi connectivity index (χ2v) is 5.37. The van der Waals surface area contributed by atoms with Gasteiger partial charge in [-0.25, -0.2) is 9.59 Å². The van der Waals surface area contributed by atoms with Crippen molar-refractivity contribution in [1.82, 2.24) is 10.6 Å². The summed E-state index contributed by atoms with van der Waals surface area (Å²) in [6, 6.07) is 3.13. The number of rotatable bonds is 3. The average molecular weight is 358 g/mol. The van der Waals surface area contributed by atoms with Gasteiger partial charge >= 0.3 is 18.2 Å². The summed E-state index contributed by atoms with van der Waals surface area (Å²) < 4.78 is 51.7. The number of benzene rings is 1. The van der Waals surface area contributed by atoms with E-state index in [9.17, 15) is 22.8 Å². The van der Waals surface area contributed by atoms with Crippen molar-refractivity contribution in [3.63, 3.8) is 0 Å². The zero-order valence-corrected chi connectivity index (χ0v) is 12.9. The Labute approximate surface area is 139 Å². The fraction of sp³-hybridized carbons (Fsp3) is 0.333. The van der Waals surface area contributed by atoms with Crippen LogP contribution >= 0.6 is 0 Å². The monoisotopic (exact) mass is 358 g/mol. The average Bonchev–Trinajstić information content (AvgIpc) is 2.98. The van der Waals surface area contributed by atoms with Crippen LogP contribution in [0.15, 0.2) is 29.5 Å². The molecule has 1 atom stereocenters. The number of esters is 1. The van der Waals surface area contributed by atoms with E-state index in [0.29, 0.717) is 17.1 Å². The first-order valence-electron chi connectivity index (χ1n) is 7.16. The molecule has 1 aromatic carbocycles. The summed E-state index contributed by atoms with van der Waals surface area (Å²) in [5.41, 5.74) is 0.429. The van der Waals surface area contributed by atoms with Crippen molar-refractivity contribution in [3.8, 4) is 11.5 Å². The first-order valence-corrected chi connectivity index (χ1v) is 7.16. The van der Waals surface area contributed by atoms with Crippen LogP contribution in [0.1, 0.15) is 18.5 Å². The Morgan fingerprint density at radius 2 is 2.04 bits per heavy atom. The number of allylic oxidation sites excluding steroid dienone is 1. The molecule has 0 saturated heterocycles. The van der Waals surface area contributed by atoms with Crippen molar-refractivity contribution in [1.29, 1.82) is 0 Å². The van der Waals surface area contributed by atoms with E-state index >= 15 is 0 Å². The minimum atomic E-state index is -4.65. The van der Waals surface area contributed by atoms with Gasteiger partial charge in [-0.3, -0.25) is 0 Å². The number of urea groups is 1. The predicted molar refractivity (Wildman–Crippen MR) is 76.7 cm³/mol. The molecule has 0 aliphatic carbocycles. The molecule has 7 nitrogen and oxygen atoms in total. The van der Waals surface area contributed by atoms with Crippen LogP contribution in [0.5, 0.6) is 11.5 Å². The molecule has 0 aromatic heterocycles. The Morgan fingerprint density at radius 3 is 2.76 bits per heavy atom. The number of hydrogen-bond donors (Lipinski definition) is 2. The Balaban J connectivity index is 1.91. The standard InChI is InChI=1S/C15H13F3N2O5/c1-7-11(13(21)23-5-15(16,17)18)12(20-14(22)19-7)8-2-3-9-10(4-8)25-6-24-9/h2-4,12H,5-6H2,1H3,(H2,19,20,22)/t12-/m0/s1. The highest BCUT2D eigenvalue weighted by Crippen LogP contribution is 2.37. The summed E-state index contributed by atoms with van der Waals surface area (Å²) in [4.78, 5) is 23.9. The first-order chi connectivity index (χ1) is 11.7. The lowest BCUT2D eigenvalue weighted by Crippen LogP contribution is -2.45. The van der Waals surface area contributed by atoms with Crippen LogP contribution in [-0.4, -0.2) is 31.6 Å². The fourth-order valence-corrected chi connectivity index (χ4v) is 2.53. The maximum atomic E-state index is 12.3. The molecule has 25 heavy (non-hydrogen) atoms. The number of carbonyl (C=O) groups is 2. The van der Waals surface area contributed by atoms with Crippen molar-refractivity contribution in [3.05, 3.63) is 35.0 Å². The molecule has 0 spiro atoms. The smallest absolute Gasteiger partial charge is 0.422 e. The Hall–Kier alpha value is -2.91. The summed E-state index contributed by atoms with van der Waals surface area (Å²) in [6.45, 7) is -0.278. The SMILES string of the molecule is CC1=C(C(=O)OCC(F)(F)F)[C@H](c2ccc3c(c2)OCO3)NC(=O)N1. The van der Waals surface area contributed by atoms with Crippen molar-refractivity contribution in [2.75, 3.05) is 13.4 Å². The molecule has 1 aromatic rings. The topological polar surface area (TPSA) is 85.9 Å². The van der Waals surface area contributed by atoms with Crippen LogP contribution in [0.3, 0.4) is 0 Å². The number of alkyl halides is 3. The maximum Gasteiger partial charge on any atom is 0.422 e. The minimum absolute atomic E-state index is 0.0344. The Bertz CT molecular complexity index is 760. The predicted octanol–water partition coefficient (Wildman–Crippen LogP) is 2.15. The van der Waals surface area contributed by atoms with Crippen LogP contribution in [0, 0.1) is 0 Å². The summed E-state index contributed by atoms with van der Waals surface area (Å²) in [6.07, 6.45) is -4.65. The second kappa shape index (κ2) is 6.19. The van der Waals surface area contributed by atoms with E-state index in [1.165, 1.54) is 6.92 Å². The van der Waals surface area contributed by atoms with E-state index in [1.807, 2.05) is 0 Å². The third kappa shape index (κ3) is 3.62. The van der Waals surface area contributed by atoms with Gasteiger partial charge in [0.05, 0.1) is 11.6 Å². The van der Waals surface area contributed by atoms with E-state index in [0.717, 1.165) is 0 Å². The van der Waals surface area contributed by atoms with Gasteiger partial charge in [-0.15, -0.1) is 0 Å². The molecule has 2 aliphatic heterocycles. The third-order valence-electron chi connectivity index (χ3n) is 3.59. The molecular formula is C15H13F3N2O5. The van der Waals surface area contributed by atoms with Crippen molar-refractivity contribution >= 4 is 12.0 Å². The number of carbonyl (C=O) groups excluding carboxylic acids is 2. The molecule has 2 aliphatic rings. The quantitative estimate of drug-likeness (QED) is 0.809. The summed E-state index contributed by atoms with van der Waals surface area (Å²) in [7, 11) is 0. The van der Waals surface area contributed by atoms with E-state index in [-0.39, 0.29) is 18.1 Å². The molecule has 0 saturated carbocycles. The molecule has 2 N–H and O–H groups in total. The van der Waals surface area contributed by atoms with Gasteiger partial charge in [0.1, 0.15) is 0 Å². The van der Waals surface area contributed by atoms with Gasteiger partial charge in [0.2, 0.25) is 6.79 Å². The number of amides is 2. The number of ether oxygens (including phenoxy) is 3. The van der Waals surface area contributed by atoms with Crippen LogP contribution in [0.4, 0.5) is 18.0 Å². The number of halogens is 3. The molecule has 0 unspecified atom stereocenters. The van der Waals surface area contributed by atoms with E-state index < -0.39 is 30.8 Å². The largest absolute Gasteiger partial charge is 0.454 e. The maximum absolute atomic E-state index is 12.3. The second-order valence-electron chi connectivity index (χ2n) is 5.37. The van der Waals surface area contributed by atoms with Crippen molar-refractivity contribution in [2.24, 2.45) is 0 Å². The summed E-state index contributed by atoms with van der Waals surface area (Å²) in [5, 5.41) is 4.85. The molecule has 0 bridgehead atoms. The zero-order valence-electron chi connectivity index (χ0n) is 12.9. The Morgan fingerprint density at radius 1 is 1.32 bits per heavy atom. The third-order valence-corrected chi connectivity index (χ3v) is 3.59. The highest BCUT2D eigenvalue weighted by Gasteiger charge is 2.36. The number of fused-ring (bicyclic) bond motifs is 1. The van der Waals surface area contributed by atoms with Crippen LogP contribution in [0.2, 0.25) is 0 Å². The van der Waals surface area contributed by atoms with E-state index in [2.05, 4.69) is 15.4 Å². The lowest BCUT2D eigenvalue weighted by atomic mass is 9.95. The van der Waals surface area contributed by atoms with Gasteiger partial charge in [-0.05, 0) is 24.6 Å². The molecule has 10 heteroatoms. The van der Waals surface area contributed by atoms with E-state index in [1.54, 1.807) is 18.2 Å². The lowest BCUT2D eigenvalue weighted by molar-refractivity contribution is -0.183. The number of hydrogen-bond acceptors (Lipinski definition) is 5. The fourth-order valence-electron chi connectivity index (χ4n) is 2.53. The van der Waals surface area contributed by atoms with Gasteiger partial charge in [0.15, 0.2) is 18.1 Å². The molecule has 0 fully saturated rings. The van der Waals surface area contributed by atoms with Gasteiger partial charge in [-0.2, -0.15) is 13.2 Å². The van der Waals surface area contributed by atoms with E-state index in [4.69, 9.17) is 9.47 Å². The molecular weight excluding hydrogens is 345 g/mol. The van der Waals surface area contributed by atoms with Gasteiger partial charge < -0.3 is 24.8 Å². The lowest BCUT2D eigenvalue weighted by Gasteiger charge is -2.28. The van der Waals surface area contributed by atoms with Gasteiger partial charge in [0, 0.05) is 5.70 Å². The summed E-state index contributed by atoms with van der Waals surface area (Å²) in [5.74, 6) is -0.276. The van der Waals surface area contributed by atoms with Gasteiger partial charge in [-0.1, -0.05) is 6.07 Å². The number of nitrogens with one attached hydrogen (secondary N) is 2. The highest BCUT2D eigenvalue weighted by atomic mass is 19.4. The molecule has 0 radical (unpaired) electrons. The first kappa shape index (κ1) is 16.9. The van der Waals surface area contributed by atoms with Crippen molar-refractivity contribution < 1.29 is 37.0 Å². The van der Waals surface area contributed by atoms with Crippen molar-refractivity contribution in [2.45, 2.75) is 19.1 Å². The van der Waals surface area contributed by atoms with Crippen LogP contribution in [0.25, 0.3) is 0 Å².